The van der Waals surface area contributed by atoms with Crippen LogP contribution in [0.25, 0.3) is 11.0 Å². The van der Waals surface area contributed by atoms with Gasteiger partial charge in [0.2, 0.25) is 5.88 Å². The summed E-state index contributed by atoms with van der Waals surface area (Å²) in [5, 5.41) is 12.4. The average Bonchev–Trinajstić information content (AvgIpc) is 3.69. The van der Waals surface area contributed by atoms with E-state index >= 15 is 0 Å². The molecule has 4 aromatic rings. The highest BCUT2D eigenvalue weighted by molar-refractivity contribution is 5.98. The number of nitriles is 1. The highest BCUT2D eigenvalue weighted by atomic mass is 19.1. The Hall–Kier alpha value is -4.57. The number of likely N-dealkylation sites (tertiary alicyclic amines) is 1. The van der Waals surface area contributed by atoms with Crippen molar-refractivity contribution in [1.82, 2.24) is 24.8 Å². The van der Waals surface area contributed by atoms with Crippen LogP contribution in [0.2, 0.25) is 0 Å². The number of benzene rings is 2. The van der Waals surface area contributed by atoms with Gasteiger partial charge in [-0.2, -0.15) is 10.2 Å². The van der Waals surface area contributed by atoms with Crippen LogP contribution in [-0.2, 0) is 29.2 Å². The van der Waals surface area contributed by atoms with Crippen molar-refractivity contribution in [3.05, 3.63) is 82.9 Å². The molecule has 56 heavy (non-hydrogen) atoms. The van der Waals surface area contributed by atoms with Gasteiger partial charge in [-0.3, -0.25) is 9.69 Å². The lowest BCUT2D eigenvalue weighted by Crippen LogP contribution is -2.46. The van der Waals surface area contributed by atoms with Gasteiger partial charge < -0.3 is 29.0 Å². The molecule has 12 heteroatoms. The molecule has 1 N–H and O–H groups in total. The molecule has 11 nitrogen and oxygen atoms in total. The first-order chi connectivity index (χ1) is 27.0. The van der Waals surface area contributed by atoms with Crippen molar-refractivity contribution in [2.24, 2.45) is 0 Å². The van der Waals surface area contributed by atoms with Gasteiger partial charge in [-0.1, -0.05) is 32.4 Å². The number of imidazole rings is 1. The Morgan fingerprint density at radius 2 is 1.91 bits per heavy atom. The lowest BCUT2D eigenvalue weighted by Gasteiger charge is -2.33. The number of piperidine rings is 1. The maximum absolute atomic E-state index is 14.5. The van der Waals surface area contributed by atoms with Crippen LogP contribution in [0.1, 0.15) is 107 Å². The van der Waals surface area contributed by atoms with Crippen LogP contribution in [0.3, 0.4) is 0 Å². The number of aromatic nitrogens is 3. The summed E-state index contributed by atoms with van der Waals surface area (Å²) in [6.45, 7) is 15.2. The average molecular weight is 766 g/mol. The molecule has 1 amide bonds. The number of rotatable bonds is 17. The number of nitrogens with zero attached hydrogens (tertiary/aromatic N) is 6. The van der Waals surface area contributed by atoms with Gasteiger partial charge in [0.1, 0.15) is 24.1 Å². The van der Waals surface area contributed by atoms with Gasteiger partial charge in [-0.25, -0.2) is 9.37 Å². The van der Waals surface area contributed by atoms with E-state index in [2.05, 4.69) is 54.3 Å². The zero-order valence-corrected chi connectivity index (χ0v) is 33.5. The number of carbonyl (C=O) groups is 1. The van der Waals surface area contributed by atoms with E-state index in [0.29, 0.717) is 48.8 Å². The Morgan fingerprint density at radius 3 is 2.64 bits per heavy atom. The minimum Gasteiger partial charge on any atom is -0.473 e. The minimum absolute atomic E-state index is 0.0260. The molecule has 0 aliphatic carbocycles. The van der Waals surface area contributed by atoms with Gasteiger partial charge in [-0.05, 0) is 95.7 Å². The van der Waals surface area contributed by atoms with Crippen molar-refractivity contribution in [2.75, 3.05) is 31.2 Å². The van der Waals surface area contributed by atoms with Crippen LogP contribution in [0.5, 0.6) is 5.88 Å². The zero-order valence-electron chi connectivity index (χ0n) is 33.5. The first-order valence-electron chi connectivity index (χ1n) is 20.3. The summed E-state index contributed by atoms with van der Waals surface area (Å²) in [4.78, 5) is 28.7. The molecule has 3 aliphatic heterocycles. The Bertz CT molecular complexity index is 2060. The van der Waals surface area contributed by atoms with E-state index < -0.39 is 11.4 Å². The number of nitrogens with one attached hydrogen (secondary N) is 1. The number of ether oxygens (including phenoxy) is 3. The molecule has 5 heterocycles. The van der Waals surface area contributed by atoms with E-state index in [4.69, 9.17) is 29.4 Å². The van der Waals surface area contributed by atoms with Crippen LogP contribution >= 0.6 is 0 Å². The normalized spacial score (nSPS) is 20.7. The lowest BCUT2D eigenvalue weighted by molar-refractivity contribution is -0.0592. The van der Waals surface area contributed by atoms with Crippen molar-refractivity contribution in [2.45, 2.75) is 129 Å². The third-order valence-corrected chi connectivity index (χ3v) is 12.0. The smallest absolute Gasteiger partial charge is 0.251 e. The molecule has 298 valence electrons. The van der Waals surface area contributed by atoms with Crippen LogP contribution in [0.4, 0.5) is 10.2 Å². The second kappa shape index (κ2) is 16.9. The number of carbonyl (C=O) groups excluding carboxylic acids is 1. The van der Waals surface area contributed by atoms with Crippen molar-refractivity contribution in [3.63, 3.8) is 0 Å². The fourth-order valence-electron chi connectivity index (χ4n) is 8.30. The van der Waals surface area contributed by atoms with Crippen LogP contribution < -0.4 is 15.0 Å². The number of hydrogen-bond acceptors (Lipinski definition) is 9. The fraction of sp³-hybridized carbons (Fsp3) is 0.545. The minimum atomic E-state index is -0.466. The number of halogens is 1. The molecule has 7 rings (SSSR count). The second-order valence-corrected chi connectivity index (χ2v) is 16.6. The molecule has 3 saturated heterocycles. The molecule has 4 atom stereocenters. The molecule has 0 spiro atoms. The number of hydrogen-bond donors (Lipinski definition) is 1. The van der Waals surface area contributed by atoms with E-state index in [9.17, 15) is 9.18 Å². The van der Waals surface area contributed by atoms with Crippen molar-refractivity contribution in [1.29, 1.82) is 5.26 Å². The van der Waals surface area contributed by atoms with Crippen LogP contribution in [0, 0.1) is 17.1 Å². The Labute approximate surface area is 330 Å². The van der Waals surface area contributed by atoms with Crippen molar-refractivity contribution in [3.8, 4) is 11.9 Å². The molecule has 3 fully saturated rings. The molecule has 2 aromatic heterocycles. The highest BCUT2D eigenvalue weighted by Gasteiger charge is 2.41. The van der Waals surface area contributed by atoms with Crippen molar-refractivity contribution < 1.29 is 23.4 Å². The summed E-state index contributed by atoms with van der Waals surface area (Å²) in [6, 6.07) is 18.6. The first kappa shape index (κ1) is 39.7. The van der Waals surface area contributed by atoms with E-state index in [0.717, 1.165) is 87.3 Å². The summed E-state index contributed by atoms with van der Waals surface area (Å²) in [5.74, 6) is 1.72. The maximum atomic E-state index is 14.5. The van der Waals surface area contributed by atoms with Gasteiger partial charge in [0.25, 0.3) is 5.91 Å². The largest absolute Gasteiger partial charge is 0.473 e. The second-order valence-electron chi connectivity index (χ2n) is 16.6. The van der Waals surface area contributed by atoms with Gasteiger partial charge >= 0.3 is 0 Å². The SMILES string of the molecule is CCCC(C)(C)OCCC(C)(CC)NC(=O)c1ccc2nc(CN3CC[C@H]4C[C@@H]3CN4c3cccc(OCc4ccc(C#N)cc4F)n3)n(C[C@H]3CCO3)c2c1. The maximum Gasteiger partial charge on any atom is 0.251 e. The predicted octanol–water partition coefficient (Wildman–Crippen LogP) is 7.55. The molecular weight excluding hydrogens is 710 g/mol. The Balaban J connectivity index is 1.03. The monoisotopic (exact) mass is 765 g/mol. The highest BCUT2D eigenvalue weighted by Crippen LogP contribution is 2.35. The standard InChI is InChI=1S/C44H56FN7O4/c1-6-17-43(3,4)56-21-18-44(5,7-2)49-42(53)31-13-14-37-38(23-31)52(27-35-16-20-54-35)40(47-37)28-50-19-15-33-24-34(50)26-51(33)39-9-8-10-41(48-39)55-29-32-12-11-30(25-46)22-36(32)45/h8-14,22-23,33-35H,6-7,15-21,24,26-29H2,1-5H3,(H,49,53)/t33-,34+,35+,44?/m0/s1. The molecule has 3 aliphatic rings. The quantitative estimate of drug-likeness (QED) is 0.116. The zero-order chi connectivity index (χ0) is 39.5. The molecule has 2 aromatic carbocycles. The summed E-state index contributed by atoms with van der Waals surface area (Å²) in [5.41, 5.74) is 2.54. The Morgan fingerprint density at radius 1 is 1.07 bits per heavy atom. The Kier molecular flexibility index (Phi) is 12.0. The van der Waals surface area contributed by atoms with Crippen LogP contribution in [-0.4, -0.2) is 81.0 Å². The number of amides is 1. The molecule has 2 bridgehead atoms. The van der Waals surface area contributed by atoms with E-state index in [-0.39, 0.29) is 29.8 Å². The predicted molar refractivity (Wildman–Crippen MR) is 214 cm³/mol. The third kappa shape index (κ3) is 9.01. The fourth-order valence-corrected chi connectivity index (χ4v) is 8.30. The van der Waals surface area contributed by atoms with Crippen molar-refractivity contribution >= 4 is 22.8 Å². The summed E-state index contributed by atoms with van der Waals surface area (Å²) < 4.78 is 34.8. The topological polar surface area (TPSA) is 118 Å². The first-order valence-corrected chi connectivity index (χ1v) is 20.3. The third-order valence-electron chi connectivity index (χ3n) is 12.0. The van der Waals surface area contributed by atoms with Gasteiger partial charge in [0.15, 0.2) is 0 Å². The number of anilines is 1. The lowest BCUT2D eigenvalue weighted by atomic mass is 9.94. The van der Waals surface area contributed by atoms with E-state index in [1.54, 1.807) is 18.2 Å². The van der Waals surface area contributed by atoms with Crippen LogP contribution in [0.15, 0.2) is 54.6 Å². The molecule has 0 radical (unpaired) electrons. The summed E-state index contributed by atoms with van der Waals surface area (Å²) in [6.07, 6.45) is 6.75. The number of fused-ring (bicyclic) bond motifs is 3. The summed E-state index contributed by atoms with van der Waals surface area (Å²) >= 11 is 0. The number of pyridine rings is 1. The van der Waals surface area contributed by atoms with E-state index in [1.807, 2.05) is 36.4 Å². The van der Waals surface area contributed by atoms with Gasteiger partial charge in [0.05, 0.1) is 47.5 Å². The van der Waals surface area contributed by atoms with Gasteiger partial charge in [0, 0.05) is 61.1 Å². The molecule has 1 unspecified atom stereocenters. The molecule has 0 saturated carbocycles. The van der Waals surface area contributed by atoms with Gasteiger partial charge in [-0.15, -0.1) is 0 Å². The van der Waals surface area contributed by atoms with E-state index in [1.165, 1.54) is 6.07 Å². The summed E-state index contributed by atoms with van der Waals surface area (Å²) in [7, 11) is 0. The molecular formula is C44H56FN7O4.